The normalized spacial score (nSPS) is 15.9. The molecule has 0 saturated carbocycles. The van der Waals surface area contributed by atoms with Crippen molar-refractivity contribution in [1.29, 1.82) is 0 Å². The molecule has 76 valence electrons. The summed E-state index contributed by atoms with van der Waals surface area (Å²) in [6.45, 7) is 2.96. The molecule has 0 bridgehead atoms. The molecule has 2 rings (SSSR count). The first-order valence-electron chi connectivity index (χ1n) is 4.98. The first kappa shape index (κ1) is 9.52. The van der Waals surface area contributed by atoms with E-state index in [-0.39, 0.29) is 0 Å². The molecule has 0 fully saturated rings. The number of guanidine groups is 1. The van der Waals surface area contributed by atoms with Gasteiger partial charge in [-0.25, -0.2) is 0 Å². The van der Waals surface area contributed by atoms with Gasteiger partial charge < -0.3 is 10.6 Å². The Hall–Kier alpha value is -1.03. The molecular formula is C10H15N3S. The third-order valence-corrected chi connectivity index (χ3v) is 2.92. The minimum atomic E-state index is 0.952. The summed E-state index contributed by atoms with van der Waals surface area (Å²) in [7, 11) is 0. The van der Waals surface area contributed by atoms with E-state index in [0.717, 1.165) is 38.4 Å². The minimum Gasteiger partial charge on any atom is -0.356 e. The molecule has 0 unspecified atom stereocenters. The molecule has 3 nitrogen and oxygen atoms in total. The smallest absolute Gasteiger partial charge is 0.191 e. The highest BCUT2D eigenvalue weighted by Crippen LogP contribution is 2.05. The van der Waals surface area contributed by atoms with Crippen LogP contribution in [0.2, 0.25) is 0 Å². The van der Waals surface area contributed by atoms with E-state index < -0.39 is 0 Å². The number of nitrogens with zero attached hydrogens (tertiary/aromatic N) is 1. The van der Waals surface area contributed by atoms with Gasteiger partial charge in [0.1, 0.15) is 0 Å². The second-order valence-electron chi connectivity index (χ2n) is 3.32. The monoisotopic (exact) mass is 209 g/mol. The summed E-state index contributed by atoms with van der Waals surface area (Å²) >= 11 is 1.75. The molecule has 0 amide bonds. The standard InChI is InChI=1S/C10H15N3S/c1-4-11-10(12-5-1)13-6-2-9-3-7-14-8-9/h3,7-8H,1-2,4-6H2,(H2,11,12,13). The largest absolute Gasteiger partial charge is 0.356 e. The maximum absolute atomic E-state index is 4.35. The molecule has 1 aliphatic rings. The van der Waals surface area contributed by atoms with Crippen molar-refractivity contribution in [2.24, 2.45) is 4.99 Å². The fourth-order valence-electron chi connectivity index (χ4n) is 1.41. The van der Waals surface area contributed by atoms with Gasteiger partial charge in [-0.1, -0.05) is 0 Å². The summed E-state index contributed by atoms with van der Waals surface area (Å²) in [5.74, 6) is 0.964. The number of aliphatic imine (C=N–C) groups is 1. The quantitative estimate of drug-likeness (QED) is 0.785. The van der Waals surface area contributed by atoms with Crippen molar-refractivity contribution in [2.75, 3.05) is 19.6 Å². The van der Waals surface area contributed by atoms with E-state index in [0.29, 0.717) is 0 Å². The average molecular weight is 209 g/mol. The van der Waals surface area contributed by atoms with E-state index in [1.807, 2.05) is 0 Å². The Morgan fingerprint density at radius 1 is 1.57 bits per heavy atom. The molecule has 1 aliphatic heterocycles. The summed E-state index contributed by atoms with van der Waals surface area (Å²) in [6.07, 6.45) is 2.22. The van der Waals surface area contributed by atoms with Crippen LogP contribution in [0.5, 0.6) is 0 Å². The lowest BCUT2D eigenvalue weighted by Gasteiger charge is -2.15. The van der Waals surface area contributed by atoms with Crippen LogP contribution in [0.15, 0.2) is 21.8 Å². The van der Waals surface area contributed by atoms with Crippen LogP contribution in [0.25, 0.3) is 0 Å². The fourth-order valence-corrected chi connectivity index (χ4v) is 2.11. The second kappa shape index (κ2) is 5.00. The molecule has 2 heterocycles. The average Bonchev–Trinajstić information content (AvgIpc) is 2.72. The van der Waals surface area contributed by atoms with E-state index in [4.69, 9.17) is 0 Å². The molecular weight excluding hydrogens is 194 g/mol. The molecule has 14 heavy (non-hydrogen) atoms. The molecule has 0 saturated heterocycles. The van der Waals surface area contributed by atoms with E-state index in [2.05, 4.69) is 32.5 Å². The van der Waals surface area contributed by atoms with Gasteiger partial charge >= 0.3 is 0 Å². The zero-order chi connectivity index (χ0) is 9.64. The zero-order valence-corrected chi connectivity index (χ0v) is 8.94. The van der Waals surface area contributed by atoms with Crippen LogP contribution < -0.4 is 10.6 Å². The number of thiophene rings is 1. The number of rotatable bonds is 3. The van der Waals surface area contributed by atoms with Crippen molar-refractivity contribution in [3.8, 4) is 0 Å². The Bertz CT molecular complexity index is 292. The lowest BCUT2D eigenvalue weighted by molar-refractivity contribution is 0.700. The van der Waals surface area contributed by atoms with Gasteiger partial charge in [-0.3, -0.25) is 4.99 Å². The topological polar surface area (TPSA) is 36.4 Å². The molecule has 0 radical (unpaired) electrons. The molecule has 1 aromatic heterocycles. The van der Waals surface area contributed by atoms with E-state index in [1.54, 1.807) is 11.3 Å². The maximum Gasteiger partial charge on any atom is 0.191 e. The first-order valence-corrected chi connectivity index (χ1v) is 5.93. The molecule has 0 atom stereocenters. The predicted octanol–water partition coefficient (Wildman–Crippen LogP) is 1.23. The van der Waals surface area contributed by atoms with Crippen molar-refractivity contribution in [1.82, 2.24) is 10.6 Å². The molecule has 0 aliphatic carbocycles. The minimum absolute atomic E-state index is 0.952. The van der Waals surface area contributed by atoms with Crippen molar-refractivity contribution >= 4 is 17.3 Å². The maximum atomic E-state index is 4.35. The van der Waals surface area contributed by atoms with Crippen molar-refractivity contribution in [3.05, 3.63) is 22.4 Å². The third-order valence-electron chi connectivity index (χ3n) is 2.18. The lowest BCUT2D eigenvalue weighted by Crippen LogP contribution is -2.41. The van der Waals surface area contributed by atoms with Crippen LogP contribution in [0.4, 0.5) is 0 Å². The summed E-state index contributed by atoms with van der Waals surface area (Å²) in [4.78, 5) is 4.35. The number of hydrogen-bond donors (Lipinski definition) is 2. The molecule has 0 aromatic carbocycles. The highest BCUT2D eigenvalue weighted by molar-refractivity contribution is 7.07. The summed E-state index contributed by atoms with van der Waals surface area (Å²) in [5.41, 5.74) is 1.40. The fraction of sp³-hybridized carbons (Fsp3) is 0.500. The van der Waals surface area contributed by atoms with Crippen LogP contribution in [-0.4, -0.2) is 25.6 Å². The van der Waals surface area contributed by atoms with Crippen LogP contribution in [-0.2, 0) is 6.42 Å². The predicted molar refractivity (Wildman–Crippen MR) is 60.9 cm³/mol. The third kappa shape index (κ3) is 2.73. The summed E-state index contributed by atoms with van der Waals surface area (Å²) in [6, 6.07) is 2.17. The van der Waals surface area contributed by atoms with Crippen LogP contribution >= 0.6 is 11.3 Å². The second-order valence-corrected chi connectivity index (χ2v) is 4.10. The van der Waals surface area contributed by atoms with Gasteiger partial charge in [-0.2, -0.15) is 11.3 Å². The molecule has 4 heteroatoms. The Morgan fingerprint density at radius 3 is 3.29 bits per heavy atom. The van der Waals surface area contributed by atoms with Gasteiger partial charge in [0.25, 0.3) is 0 Å². The Labute approximate surface area is 88.3 Å². The van der Waals surface area contributed by atoms with Crippen LogP contribution in [0.3, 0.4) is 0 Å². The SMILES string of the molecule is c1cc(CCNC2=NCCCN2)cs1. The summed E-state index contributed by atoms with van der Waals surface area (Å²) in [5, 5.41) is 10.9. The van der Waals surface area contributed by atoms with Crippen molar-refractivity contribution in [3.63, 3.8) is 0 Å². The highest BCUT2D eigenvalue weighted by atomic mass is 32.1. The van der Waals surface area contributed by atoms with Gasteiger partial charge in [0.05, 0.1) is 0 Å². The molecule has 0 spiro atoms. The first-order chi connectivity index (χ1) is 6.95. The van der Waals surface area contributed by atoms with E-state index in [9.17, 15) is 0 Å². The zero-order valence-electron chi connectivity index (χ0n) is 8.12. The van der Waals surface area contributed by atoms with Crippen molar-refractivity contribution < 1.29 is 0 Å². The van der Waals surface area contributed by atoms with E-state index in [1.165, 1.54) is 5.56 Å². The van der Waals surface area contributed by atoms with Crippen LogP contribution in [0, 0.1) is 0 Å². The highest BCUT2D eigenvalue weighted by Gasteiger charge is 2.02. The summed E-state index contributed by atoms with van der Waals surface area (Å²) < 4.78 is 0. The molecule has 1 aromatic rings. The Kier molecular flexibility index (Phi) is 3.40. The van der Waals surface area contributed by atoms with Gasteiger partial charge in [0.15, 0.2) is 5.96 Å². The van der Waals surface area contributed by atoms with E-state index >= 15 is 0 Å². The van der Waals surface area contributed by atoms with Gasteiger partial charge in [0.2, 0.25) is 0 Å². The van der Waals surface area contributed by atoms with Gasteiger partial charge in [-0.05, 0) is 35.2 Å². The Balaban J connectivity index is 1.70. The lowest BCUT2D eigenvalue weighted by atomic mass is 10.2. The van der Waals surface area contributed by atoms with Crippen molar-refractivity contribution in [2.45, 2.75) is 12.8 Å². The van der Waals surface area contributed by atoms with Gasteiger partial charge in [0, 0.05) is 19.6 Å². The number of hydrogen-bond acceptors (Lipinski definition) is 4. The number of nitrogens with one attached hydrogen (secondary N) is 2. The molecule has 2 N–H and O–H groups in total. The Morgan fingerprint density at radius 2 is 2.57 bits per heavy atom. The van der Waals surface area contributed by atoms with Crippen LogP contribution in [0.1, 0.15) is 12.0 Å². The van der Waals surface area contributed by atoms with Gasteiger partial charge in [-0.15, -0.1) is 0 Å².